The third kappa shape index (κ3) is 2.21. The molecule has 6 nitrogen and oxygen atoms in total. The van der Waals surface area contributed by atoms with Crippen LogP contribution in [0.5, 0.6) is 0 Å². The first kappa shape index (κ1) is 13.4. The van der Waals surface area contributed by atoms with Crippen LogP contribution >= 0.6 is 0 Å². The molecular weight excluding hydrogens is 290 g/mol. The van der Waals surface area contributed by atoms with Gasteiger partial charge in [0.05, 0.1) is 4.90 Å². The number of nitrogens with zero attached hydrogens (tertiary/aromatic N) is 3. The second kappa shape index (κ2) is 4.78. The fourth-order valence-corrected chi connectivity index (χ4v) is 3.13. The largest absolute Gasteiger partial charge is 0.281 e. The van der Waals surface area contributed by atoms with Gasteiger partial charge in [-0.25, -0.2) is 13.4 Å². The molecule has 0 amide bonds. The quantitative estimate of drug-likeness (QED) is 0.697. The zero-order valence-corrected chi connectivity index (χ0v) is 11.9. The highest BCUT2D eigenvalue weighted by Gasteiger charge is 2.21. The molecule has 7 heteroatoms. The Hall–Kier alpha value is -2.54. The molecule has 0 unspecified atom stereocenters. The van der Waals surface area contributed by atoms with Gasteiger partial charge in [-0.1, -0.05) is 24.3 Å². The number of rotatable bonds is 3. The van der Waals surface area contributed by atoms with Gasteiger partial charge < -0.3 is 0 Å². The monoisotopic (exact) mass is 301 g/mol. The molecule has 3 rings (SSSR count). The maximum absolute atomic E-state index is 11.9. The van der Waals surface area contributed by atoms with Crippen molar-refractivity contribution >= 4 is 21.3 Å². The summed E-state index contributed by atoms with van der Waals surface area (Å²) in [4.78, 5) is 15.6. The van der Waals surface area contributed by atoms with Gasteiger partial charge in [-0.2, -0.15) is 0 Å². The van der Waals surface area contributed by atoms with Crippen molar-refractivity contribution in [2.24, 2.45) is 5.18 Å². The van der Waals surface area contributed by atoms with E-state index in [1.54, 1.807) is 42.6 Å². The van der Waals surface area contributed by atoms with E-state index in [2.05, 4.69) is 10.2 Å². The molecule has 0 fully saturated rings. The molecular formula is C14H11N3O3S. The molecule has 0 spiro atoms. The number of benzene rings is 1. The Kier molecular flexibility index (Phi) is 3.06. The molecule has 21 heavy (non-hydrogen) atoms. The predicted molar refractivity (Wildman–Crippen MR) is 79.2 cm³/mol. The summed E-state index contributed by atoms with van der Waals surface area (Å²) in [6.07, 6.45) is 2.78. The molecule has 0 N–H and O–H groups in total. The molecule has 0 saturated heterocycles. The molecule has 2 aromatic heterocycles. The second-order valence-corrected chi connectivity index (χ2v) is 6.56. The van der Waals surface area contributed by atoms with Crippen LogP contribution in [0.25, 0.3) is 16.9 Å². The van der Waals surface area contributed by atoms with Crippen molar-refractivity contribution in [3.8, 4) is 11.3 Å². The molecule has 0 radical (unpaired) electrons. The minimum absolute atomic E-state index is 0.0849. The van der Waals surface area contributed by atoms with E-state index in [-0.39, 0.29) is 16.4 Å². The molecule has 0 atom stereocenters. The maximum atomic E-state index is 11.9. The lowest BCUT2D eigenvalue weighted by Gasteiger charge is -2.05. The highest BCUT2D eigenvalue weighted by molar-refractivity contribution is 7.90. The lowest BCUT2D eigenvalue weighted by molar-refractivity contribution is 0.602. The maximum Gasteiger partial charge on any atom is 0.209 e. The number of nitroso groups, excluding NO2 is 1. The Labute approximate surface area is 121 Å². The van der Waals surface area contributed by atoms with Crippen molar-refractivity contribution in [1.82, 2.24) is 9.38 Å². The standard InChI is InChI=1S/C14H11N3O3S/c1-21(19,20)11-7-3-2-6-10(11)13-14(16-18)17-9-5-4-8-12(17)15-13/h2-9H,1H3. The normalized spacial score (nSPS) is 11.7. The van der Waals surface area contributed by atoms with Gasteiger partial charge in [0.25, 0.3) is 0 Å². The van der Waals surface area contributed by atoms with Crippen LogP contribution in [-0.2, 0) is 9.84 Å². The molecule has 0 saturated carbocycles. The average molecular weight is 301 g/mol. The van der Waals surface area contributed by atoms with Gasteiger partial charge in [-0.05, 0) is 23.4 Å². The van der Waals surface area contributed by atoms with Gasteiger partial charge in [0, 0.05) is 18.0 Å². The molecule has 1 aromatic carbocycles. The Morgan fingerprint density at radius 3 is 2.52 bits per heavy atom. The SMILES string of the molecule is CS(=O)(=O)c1ccccc1-c1nc2ccccn2c1N=O. The summed E-state index contributed by atoms with van der Waals surface area (Å²) in [5.74, 6) is 0.0849. The minimum atomic E-state index is -3.44. The van der Waals surface area contributed by atoms with Gasteiger partial charge in [-0.15, -0.1) is 4.91 Å². The number of fused-ring (bicyclic) bond motifs is 1. The molecule has 0 aliphatic heterocycles. The fourth-order valence-electron chi connectivity index (χ4n) is 2.24. The first-order valence-corrected chi connectivity index (χ1v) is 8.01. The zero-order valence-electron chi connectivity index (χ0n) is 11.1. The van der Waals surface area contributed by atoms with E-state index in [0.717, 1.165) is 6.26 Å². The van der Waals surface area contributed by atoms with Crippen LogP contribution in [0.3, 0.4) is 0 Å². The van der Waals surface area contributed by atoms with Crippen LogP contribution in [0.1, 0.15) is 0 Å². The summed E-state index contributed by atoms with van der Waals surface area (Å²) in [7, 11) is -3.44. The summed E-state index contributed by atoms with van der Waals surface area (Å²) in [6.45, 7) is 0. The number of pyridine rings is 1. The molecule has 106 valence electrons. The molecule has 0 bridgehead atoms. The van der Waals surface area contributed by atoms with E-state index < -0.39 is 9.84 Å². The summed E-state index contributed by atoms with van der Waals surface area (Å²) in [6, 6.07) is 11.7. The minimum Gasteiger partial charge on any atom is -0.281 e. The number of hydrogen-bond donors (Lipinski definition) is 0. The van der Waals surface area contributed by atoms with Gasteiger partial charge in [0.15, 0.2) is 9.84 Å². The Bertz CT molecular complexity index is 945. The van der Waals surface area contributed by atoms with Crippen molar-refractivity contribution in [3.63, 3.8) is 0 Å². The lowest BCUT2D eigenvalue weighted by Crippen LogP contribution is -1.99. The van der Waals surface area contributed by atoms with Crippen LogP contribution in [0, 0.1) is 4.91 Å². The van der Waals surface area contributed by atoms with Crippen LogP contribution < -0.4 is 0 Å². The van der Waals surface area contributed by atoms with Crippen molar-refractivity contribution in [2.75, 3.05) is 6.26 Å². The summed E-state index contributed by atoms with van der Waals surface area (Å²) < 4.78 is 25.3. The van der Waals surface area contributed by atoms with Crippen molar-refractivity contribution in [2.45, 2.75) is 4.90 Å². The highest BCUT2D eigenvalue weighted by atomic mass is 32.2. The highest BCUT2D eigenvalue weighted by Crippen LogP contribution is 2.34. The van der Waals surface area contributed by atoms with E-state index in [1.165, 1.54) is 10.5 Å². The zero-order chi connectivity index (χ0) is 15.0. The number of aromatic nitrogens is 2. The van der Waals surface area contributed by atoms with Crippen LogP contribution in [0.2, 0.25) is 0 Å². The summed E-state index contributed by atoms with van der Waals surface area (Å²) >= 11 is 0. The van der Waals surface area contributed by atoms with E-state index in [1.807, 2.05) is 0 Å². The molecule has 3 aromatic rings. The van der Waals surface area contributed by atoms with E-state index in [4.69, 9.17) is 0 Å². The van der Waals surface area contributed by atoms with E-state index >= 15 is 0 Å². The van der Waals surface area contributed by atoms with Gasteiger partial charge >= 0.3 is 0 Å². The van der Waals surface area contributed by atoms with Gasteiger partial charge in [-0.3, -0.25) is 4.40 Å². The fraction of sp³-hybridized carbons (Fsp3) is 0.0714. The van der Waals surface area contributed by atoms with Crippen molar-refractivity contribution < 1.29 is 8.42 Å². The summed E-state index contributed by atoms with van der Waals surface area (Å²) in [5.41, 5.74) is 1.17. The Morgan fingerprint density at radius 2 is 1.81 bits per heavy atom. The summed E-state index contributed by atoms with van der Waals surface area (Å²) in [5, 5.41) is 3.01. The molecule has 0 aliphatic rings. The lowest BCUT2D eigenvalue weighted by atomic mass is 10.1. The van der Waals surface area contributed by atoms with Crippen LogP contribution in [0.15, 0.2) is 58.7 Å². The second-order valence-electron chi connectivity index (χ2n) is 4.57. The topological polar surface area (TPSA) is 80.9 Å². The third-order valence-electron chi connectivity index (χ3n) is 3.13. The van der Waals surface area contributed by atoms with Crippen molar-refractivity contribution in [3.05, 3.63) is 53.6 Å². The first-order chi connectivity index (χ1) is 10.0. The number of sulfone groups is 1. The van der Waals surface area contributed by atoms with E-state index in [9.17, 15) is 13.3 Å². The smallest absolute Gasteiger partial charge is 0.209 e. The van der Waals surface area contributed by atoms with Gasteiger partial charge in [0.1, 0.15) is 11.3 Å². The van der Waals surface area contributed by atoms with Crippen LogP contribution in [0.4, 0.5) is 5.82 Å². The molecule has 2 heterocycles. The van der Waals surface area contributed by atoms with E-state index in [0.29, 0.717) is 11.2 Å². The predicted octanol–water partition coefficient (Wildman–Crippen LogP) is 2.80. The Balaban J connectivity index is 2.39. The van der Waals surface area contributed by atoms with Crippen molar-refractivity contribution in [1.29, 1.82) is 0 Å². The first-order valence-electron chi connectivity index (χ1n) is 6.12. The number of imidazole rings is 1. The van der Waals surface area contributed by atoms with Gasteiger partial charge in [0.2, 0.25) is 5.82 Å². The third-order valence-corrected chi connectivity index (χ3v) is 4.29. The molecule has 0 aliphatic carbocycles. The average Bonchev–Trinajstić information content (AvgIpc) is 2.84. The number of hydrogen-bond acceptors (Lipinski definition) is 5. The van der Waals surface area contributed by atoms with Crippen LogP contribution in [-0.4, -0.2) is 24.1 Å². The Morgan fingerprint density at radius 1 is 1.10 bits per heavy atom.